The van der Waals surface area contributed by atoms with Crippen molar-refractivity contribution in [1.29, 1.82) is 0 Å². The van der Waals surface area contributed by atoms with E-state index in [1.807, 2.05) is 55.5 Å². The number of amides is 2. The first-order valence-electron chi connectivity index (χ1n) is 8.86. The van der Waals surface area contributed by atoms with Crippen molar-refractivity contribution in [3.8, 4) is 0 Å². The average molecular weight is 342 g/mol. The van der Waals surface area contributed by atoms with Crippen LogP contribution in [0.2, 0.25) is 0 Å². The van der Waals surface area contributed by atoms with Crippen LogP contribution in [0.5, 0.6) is 0 Å². The standard InChI is InChI=1S/C19H26N4O2/c1-15(2)25-13-16-5-7-17(8-6-16)21-19(24)22-10-3-4-18(12-22)23-11-9-20-14-23/h5-9,11,14-15,18H,3-4,10,12-13H2,1-2H3,(H,21,24). The number of hydrogen-bond acceptors (Lipinski definition) is 3. The van der Waals surface area contributed by atoms with Crippen molar-refractivity contribution in [3.63, 3.8) is 0 Å². The molecule has 0 aliphatic carbocycles. The Hall–Kier alpha value is -2.34. The van der Waals surface area contributed by atoms with E-state index in [1.165, 1.54) is 0 Å². The van der Waals surface area contributed by atoms with Gasteiger partial charge in [-0.3, -0.25) is 0 Å². The van der Waals surface area contributed by atoms with Crippen molar-refractivity contribution in [1.82, 2.24) is 14.5 Å². The molecule has 1 aliphatic heterocycles. The van der Waals surface area contributed by atoms with Gasteiger partial charge in [0.05, 0.1) is 25.1 Å². The highest BCUT2D eigenvalue weighted by molar-refractivity contribution is 5.89. The molecule has 6 nitrogen and oxygen atoms in total. The molecule has 2 aromatic rings. The number of ether oxygens (including phenoxy) is 1. The molecular weight excluding hydrogens is 316 g/mol. The predicted molar refractivity (Wildman–Crippen MR) is 97.5 cm³/mol. The third kappa shape index (κ3) is 4.82. The molecule has 2 heterocycles. The summed E-state index contributed by atoms with van der Waals surface area (Å²) in [7, 11) is 0. The average Bonchev–Trinajstić information content (AvgIpc) is 3.16. The summed E-state index contributed by atoms with van der Waals surface area (Å²) in [6.45, 7) is 6.12. The Labute approximate surface area is 148 Å². The summed E-state index contributed by atoms with van der Waals surface area (Å²) >= 11 is 0. The molecule has 0 bridgehead atoms. The largest absolute Gasteiger partial charge is 0.374 e. The van der Waals surface area contributed by atoms with Crippen molar-refractivity contribution < 1.29 is 9.53 Å². The zero-order chi connectivity index (χ0) is 17.6. The van der Waals surface area contributed by atoms with Gasteiger partial charge in [0.1, 0.15) is 0 Å². The zero-order valence-corrected chi connectivity index (χ0v) is 14.9. The van der Waals surface area contributed by atoms with Crippen molar-refractivity contribution in [2.45, 2.75) is 45.4 Å². The summed E-state index contributed by atoms with van der Waals surface area (Å²) in [5.41, 5.74) is 1.91. The first-order chi connectivity index (χ1) is 12.1. The van der Waals surface area contributed by atoms with E-state index in [4.69, 9.17) is 4.74 Å². The molecule has 1 N–H and O–H groups in total. The number of carbonyl (C=O) groups excluding carboxylic acids is 1. The summed E-state index contributed by atoms with van der Waals surface area (Å²) in [5.74, 6) is 0. The highest BCUT2D eigenvalue weighted by Gasteiger charge is 2.24. The second kappa shape index (κ2) is 8.16. The van der Waals surface area contributed by atoms with Crippen LogP contribution in [0.25, 0.3) is 0 Å². The fourth-order valence-electron chi connectivity index (χ4n) is 3.02. The van der Waals surface area contributed by atoms with Gasteiger partial charge in [0.25, 0.3) is 0 Å². The molecule has 3 rings (SSSR count). The maximum Gasteiger partial charge on any atom is 0.321 e. The number of carbonyl (C=O) groups is 1. The van der Waals surface area contributed by atoms with E-state index in [0.29, 0.717) is 19.2 Å². The minimum atomic E-state index is -0.0454. The topological polar surface area (TPSA) is 59.4 Å². The van der Waals surface area contributed by atoms with Gasteiger partial charge in [0.15, 0.2) is 0 Å². The van der Waals surface area contributed by atoms with Crippen LogP contribution in [-0.4, -0.2) is 39.7 Å². The molecule has 1 aromatic heterocycles. The number of hydrogen-bond donors (Lipinski definition) is 1. The highest BCUT2D eigenvalue weighted by Crippen LogP contribution is 2.22. The molecule has 1 aromatic carbocycles. The van der Waals surface area contributed by atoms with Crippen LogP contribution in [-0.2, 0) is 11.3 Å². The number of piperidine rings is 1. The second-order valence-corrected chi connectivity index (χ2v) is 6.74. The van der Waals surface area contributed by atoms with Crippen LogP contribution in [0.1, 0.15) is 38.3 Å². The summed E-state index contributed by atoms with van der Waals surface area (Å²) in [6, 6.07) is 8.08. The van der Waals surface area contributed by atoms with Gasteiger partial charge in [-0.05, 0) is 44.4 Å². The molecule has 0 spiro atoms. The lowest BCUT2D eigenvalue weighted by Crippen LogP contribution is -2.42. The molecule has 25 heavy (non-hydrogen) atoms. The van der Waals surface area contributed by atoms with Gasteiger partial charge in [-0.2, -0.15) is 0 Å². The monoisotopic (exact) mass is 342 g/mol. The summed E-state index contributed by atoms with van der Waals surface area (Å²) in [4.78, 5) is 18.5. The second-order valence-electron chi connectivity index (χ2n) is 6.74. The van der Waals surface area contributed by atoms with Crippen LogP contribution in [0, 0.1) is 0 Å². The fraction of sp³-hybridized carbons (Fsp3) is 0.474. The van der Waals surface area contributed by atoms with Crippen LogP contribution in [0.4, 0.5) is 10.5 Å². The first-order valence-corrected chi connectivity index (χ1v) is 8.86. The fourth-order valence-corrected chi connectivity index (χ4v) is 3.02. The number of nitrogens with one attached hydrogen (secondary N) is 1. The minimum Gasteiger partial charge on any atom is -0.374 e. The molecule has 1 aliphatic rings. The minimum absolute atomic E-state index is 0.0454. The van der Waals surface area contributed by atoms with E-state index in [9.17, 15) is 4.79 Å². The number of aromatic nitrogens is 2. The number of imidazole rings is 1. The number of urea groups is 1. The Bertz CT molecular complexity index is 667. The van der Waals surface area contributed by atoms with E-state index in [-0.39, 0.29) is 12.1 Å². The van der Waals surface area contributed by atoms with Crippen molar-refractivity contribution >= 4 is 11.7 Å². The lowest BCUT2D eigenvalue weighted by molar-refractivity contribution is 0.0657. The quantitative estimate of drug-likeness (QED) is 0.902. The molecule has 1 fully saturated rings. The van der Waals surface area contributed by atoms with Gasteiger partial charge in [0, 0.05) is 31.2 Å². The number of likely N-dealkylation sites (tertiary alicyclic amines) is 1. The maximum atomic E-state index is 12.5. The number of anilines is 1. The Morgan fingerprint density at radius 2 is 2.16 bits per heavy atom. The van der Waals surface area contributed by atoms with E-state index in [1.54, 1.807) is 6.20 Å². The SMILES string of the molecule is CC(C)OCc1ccc(NC(=O)N2CCCC(n3ccnc3)C2)cc1. The molecule has 6 heteroatoms. The van der Waals surface area contributed by atoms with Crippen molar-refractivity contribution in [2.24, 2.45) is 0 Å². The molecule has 0 radical (unpaired) electrons. The van der Waals surface area contributed by atoms with E-state index < -0.39 is 0 Å². The molecule has 2 amide bonds. The Morgan fingerprint density at radius 3 is 2.84 bits per heavy atom. The Morgan fingerprint density at radius 1 is 1.36 bits per heavy atom. The van der Waals surface area contributed by atoms with E-state index >= 15 is 0 Å². The van der Waals surface area contributed by atoms with E-state index in [2.05, 4.69) is 14.9 Å². The maximum absolute atomic E-state index is 12.5. The van der Waals surface area contributed by atoms with Crippen LogP contribution < -0.4 is 5.32 Å². The lowest BCUT2D eigenvalue weighted by Gasteiger charge is -2.33. The summed E-state index contributed by atoms with van der Waals surface area (Å²) in [6.07, 6.45) is 7.85. The van der Waals surface area contributed by atoms with Gasteiger partial charge in [-0.1, -0.05) is 12.1 Å². The summed E-state index contributed by atoms with van der Waals surface area (Å²) in [5, 5.41) is 2.99. The van der Waals surface area contributed by atoms with E-state index in [0.717, 1.165) is 30.6 Å². The van der Waals surface area contributed by atoms with Crippen molar-refractivity contribution in [3.05, 3.63) is 48.5 Å². The van der Waals surface area contributed by atoms with Crippen LogP contribution >= 0.6 is 0 Å². The van der Waals surface area contributed by atoms with Gasteiger partial charge in [-0.25, -0.2) is 9.78 Å². The first kappa shape index (κ1) is 17.5. The molecule has 1 unspecified atom stereocenters. The lowest BCUT2D eigenvalue weighted by atomic mass is 10.1. The van der Waals surface area contributed by atoms with Gasteiger partial charge in [-0.15, -0.1) is 0 Å². The summed E-state index contributed by atoms with van der Waals surface area (Å²) < 4.78 is 7.67. The number of rotatable bonds is 5. The zero-order valence-electron chi connectivity index (χ0n) is 14.9. The Balaban J connectivity index is 1.54. The molecule has 134 valence electrons. The third-order valence-electron chi connectivity index (χ3n) is 4.42. The highest BCUT2D eigenvalue weighted by atomic mass is 16.5. The van der Waals surface area contributed by atoms with Gasteiger partial charge >= 0.3 is 6.03 Å². The smallest absolute Gasteiger partial charge is 0.321 e. The molecule has 0 saturated carbocycles. The predicted octanol–water partition coefficient (Wildman–Crippen LogP) is 3.68. The third-order valence-corrected chi connectivity index (χ3v) is 4.42. The molecular formula is C19H26N4O2. The number of nitrogens with zero attached hydrogens (tertiary/aromatic N) is 3. The van der Waals surface area contributed by atoms with Gasteiger partial charge in [0.2, 0.25) is 0 Å². The van der Waals surface area contributed by atoms with Crippen LogP contribution in [0.15, 0.2) is 43.0 Å². The van der Waals surface area contributed by atoms with Crippen molar-refractivity contribution in [2.75, 3.05) is 18.4 Å². The molecule has 1 saturated heterocycles. The Kier molecular flexibility index (Phi) is 5.71. The van der Waals surface area contributed by atoms with Crippen LogP contribution in [0.3, 0.4) is 0 Å². The molecule has 1 atom stereocenters. The normalized spacial score (nSPS) is 17.7. The number of benzene rings is 1. The van der Waals surface area contributed by atoms with Gasteiger partial charge < -0.3 is 19.5 Å².